The topological polar surface area (TPSA) is 136 Å². The SMILES string of the molecule is Cn1c(=O)c2c(ncn2Cc2cc(=O)n3[nH]cc(C#N)c3n2)n(C)c1=O. The number of rotatable bonds is 2. The second-order valence-electron chi connectivity index (χ2n) is 5.79. The molecule has 0 aliphatic rings. The van der Waals surface area contributed by atoms with E-state index in [4.69, 9.17) is 5.26 Å². The average molecular weight is 352 g/mol. The molecule has 0 amide bonds. The van der Waals surface area contributed by atoms with Crippen molar-refractivity contribution in [1.82, 2.24) is 33.3 Å². The highest BCUT2D eigenvalue weighted by Gasteiger charge is 2.16. The Morgan fingerprint density at radius 3 is 2.69 bits per heavy atom. The number of H-pyrrole nitrogens is 1. The number of hydrogen-bond acceptors (Lipinski definition) is 6. The summed E-state index contributed by atoms with van der Waals surface area (Å²) in [6.45, 7) is 0.0890. The molecule has 0 aliphatic carbocycles. The molecule has 4 aromatic rings. The van der Waals surface area contributed by atoms with Gasteiger partial charge in [-0.25, -0.2) is 19.3 Å². The minimum Gasteiger partial charge on any atom is -0.319 e. The molecular formula is C15H12N8O3. The molecule has 0 aromatic carbocycles. The standard InChI is InChI=1S/C15H12N8O3/c1-20-13-11(14(25)21(2)15(20)26)22(7-17-13)6-9-3-10(24)23-12(19-9)8(4-16)5-18-23/h3,5,7,18H,6H2,1-2H3. The Hall–Kier alpha value is -3.94. The van der Waals surface area contributed by atoms with E-state index in [-0.39, 0.29) is 34.5 Å². The number of nitriles is 1. The number of aromatic nitrogens is 7. The molecule has 130 valence electrons. The molecule has 1 N–H and O–H groups in total. The maximum Gasteiger partial charge on any atom is 0.332 e. The van der Waals surface area contributed by atoms with Crippen molar-refractivity contribution in [3.8, 4) is 6.07 Å². The predicted molar refractivity (Wildman–Crippen MR) is 89.8 cm³/mol. The smallest absolute Gasteiger partial charge is 0.319 e. The second-order valence-corrected chi connectivity index (χ2v) is 5.79. The Balaban J connectivity index is 1.93. The molecule has 0 fully saturated rings. The van der Waals surface area contributed by atoms with E-state index in [1.165, 1.54) is 41.8 Å². The summed E-state index contributed by atoms with van der Waals surface area (Å²) in [6.07, 6.45) is 2.81. The summed E-state index contributed by atoms with van der Waals surface area (Å²) in [5.41, 5.74) is -0.0642. The fourth-order valence-corrected chi connectivity index (χ4v) is 2.88. The van der Waals surface area contributed by atoms with Crippen LogP contribution in [0.2, 0.25) is 0 Å². The Morgan fingerprint density at radius 2 is 1.96 bits per heavy atom. The number of hydrogen-bond donors (Lipinski definition) is 1. The average Bonchev–Trinajstić information content (AvgIpc) is 3.22. The maximum absolute atomic E-state index is 12.5. The van der Waals surface area contributed by atoms with E-state index in [9.17, 15) is 14.4 Å². The van der Waals surface area contributed by atoms with Crippen LogP contribution in [0.15, 0.2) is 33.0 Å². The Labute approximate surface area is 144 Å². The lowest BCUT2D eigenvalue weighted by molar-refractivity contribution is 0.700. The van der Waals surface area contributed by atoms with E-state index in [1.807, 2.05) is 6.07 Å². The van der Waals surface area contributed by atoms with Crippen LogP contribution in [0.4, 0.5) is 0 Å². The van der Waals surface area contributed by atoms with Crippen molar-refractivity contribution in [2.24, 2.45) is 14.1 Å². The van der Waals surface area contributed by atoms with Crippen LogP contribution in [0.25, 0.3) is 16.8 Å². The summed E-state index contributed by atoms with van der Waals surface area (Å²) in [6, 6.07) is 3.27. The first-order valence-electron chi connectivity index (χ1n) is 7.53. The summed E-state index contributed by atoms with van der Waals surface area (Å²) in [5, 5.41) is 11.8. The van der Waals surface area contributed by atoms with Crippen molar-refractivity contribution in [3.63, 3.8) is 0 Å². The zero-order valence-corrected chi connectivity index (χ0v) is 13.8. The lowest BCUT2D eigenvalue weighted by Crippen LogP contribution is -2.37. The van der Waals surface area contributed by atoms with Crippen LogP contribution in [-0.2, 0) is 20.6 Å². The first kappa shape index (κ1) is 15.6. The summed E-state index contributed by atoms with van der Waals surface area (Å²) >= 11 is 0. The van der Waals surface area contributed by atoms with E-state index in [1.54, 1.807) is 0 Å². The molecule has 0 radical (unpaired) electrons. The van der Waals surface area contributed by atoms with Crippen molar-refractivity contribution < 1.29 is 0 Å². The fourth-order valence-electron chi connectivity index (χ4n) is 2.88. The molecule has 4 heterocycles. The zero-order valence-electron chi connectivity index (χ0n) is 13.8. The van der Waals surface area contributed by atoms with Gasteiger partial charge in [0.05, 0.1) is 18.6 Å². The van der Waals surface area contributed by atoms with Crippen LogP contribution in [0.3, 0.4) is 0 Å². The maximum atomic E-state index is 12.5. The Morgan fingerprint density at radius 1 is 1.19 bits per heavy atom. The number of imidazole rings is 1. The third-order valence-electron chi connectivity index (χ3n) is 4.22. The van der Waals surface area contributed by atoms with Crippen molar-refractivity contribution in [2.45, 2.75) is 6.54 Å². The molecule has 11 heteroatoms. The first-order chi connectivity index (χ1) is 12.4. The summed E-state index contributed by atoms with van der Waals surface area (Å²) < 4.78 is 4.95. The number of nitrogens with zero attached hydrogens (tertiary/aromatic N) is 7. The molecule has 0 atom stereocenters. The lowest BCUT2D eigenvalue weighted by Gasteiger charge is -2.06. The van der Waals surface area contributed by atoms with E-state index in [0.717, 1.165) is 9.08 Å². The highest BCUT2D eigenvalue weighted by atomic mass is 16.2. The fraction of sp³-hybridized carbons (Fsp3) is 0.200. The monoisotopic (exact) mass is 352 g/mol. The van der Waals surface area contributed by atoms with Gasteiger partial charge in [0.1, 0.15) is 11.6 Å². The minimum atomic E-state index is -0.488. The molecule has 4 aromatic heterocycles. The minimum absolute atomic E-state index is 0.0890. The van der Waals surface area contributed by atoms with Crippen LogP contribution >= 0.6 is 0 Å². The summed E-state index contributed by atoms with van der Waals surface area (Å²) in [7, 11) is 2.91. The lowest BCUT2D eigenvalue weighted by atomic mass is 10.3. The highest BCUT2D eigenvalue weighted by molar-refractivity contribution is 5.70. The van der Waals surface area contributed by atoms with Crippen molar-refractivity contribution in [2.75, 3.05) is 0 Å². The first-order valence-corrected chi connectivity index (χ1v) is 7.53. The number of aryl methyl sites for hydroxylation is 1. The second kappa shape index (κ2) is 5.28. The largest absolute Gasteiger partial charge is 0.332 e. The quantitative estimate of drug-likeness (QED) is 0.476. The number of aromatic amines is 1. The van der Waals surface area contributed by atoms with Crippen LogP contribution in [0.1, 0.15) is 11.3 Å². The molecular weight excluding hydrogens is 340 g/mol. The number of fused-ring (bicyclic) bond motifs is 2. The Bertz CT molecular complexity index is 1410. The van der Waals surface area contributed by atoms with Gasteiger partial charge in [-0.15, -0.1) is 0 Å². The normalized spacial score (nSPS) is 11.3. The third-order valence-corrected chi connectivity index (χ3v) is 4.22. The van der Waals surface area contributed by atoms with Gasteiger partial charge in [-0.05, 0) is 0 Å². The molecule has 0 saturated carbocycles. The van der Waals surface area contributed by atoms with Crippen LogP contribution in [-0.4, -0.2) is 33.3 Å². The molecule has 0 aliphatic heterocycles. The molecule has 0 unspecified atom stereocenters. The number of nitrogens with one attached hydrogen (secondary N) is 1. The van der Waals surface area contributed by atoms with Gasteiger partial charge in [-0.1, -0.05) is 0 Å². The van der Waals surface area contributed by atoms with Gasteiger partial charge < -0.3 is 4.57 Å². The van der Waals surface area contributed by atoms with Crippen LogP contribution in [0, 0.1) is 11.3 Å². The molecule has 4 rings (SSSR count). The predicted octanol–water partition coefficient (Wildman–Crippen LogP) is -1.31. The van der Waals surface area contributed by atoms with Gasteiger partial charge in [0.15, 0.2) is 16.8 Å². The van der Waals surface area contributed by atoms with E-state index < -0.39 is 11.2 Å². The summed E-state index contributed by atoms with van der Waals surface area (Å²) in [4.78, 5) is 45.1. The highest BCUT2D eigenvalue weighted by Crippen LogP contribution is 2.10. The van der Waals surface area contributed by atoms with Gasteiger partial charge in [0.25, 0.3) is 11.1 Å². The van der Waals surface area contributed by atoms with Crippen molar-refractivity contribution >= 4 is 16.8 Å². The van der Waals surface area contributed by atoms with E-state index in [0.29, 0.717) is 5.69 Å². The zero-order chi connectivity index (χ0) is 18.6. The molecule has 11 nitrogen and oxygen atoms in total. The van der Waals surface area contributed by atoms with Gasteiger partial charge in [0.2, 0.25) is 0 Å². The van der Waals surface area contributed by atoms with Crippen molar-refractivity contribution in [3.05, 3.63) is 61.0 Å². The van der Waals surface area contributed by atoms with Crippen LogP contribution < -0.4 is 16.8 Å². The van der Waals surface area contributed by atoms with Gasteiger partial charge in [0, 0.05) is 26.4 Å². The van der Waals surface area contributed by atoms with Crippen LogP contribution in [0.5, 0.6) is 0 Å². The third kappa shape index (κ3) is 2.02. The van der Waals surface area contributed by atoms with E-state index >= 15 is 0 Å². The van der Waals surface area contributed by atoms with Gasteiger partial charge >= 0.3 is 5.69 Å². The van der Waals surface area contributed by atoms with E-state index in [2.05, 4.69) is 15.1 Å². The summed E-state index contributed by atoms with van der Waals surface area (Å²) in [5.74, 6) is 0. The van der Waals surface area contributed by atoms with Crippen molar-refractivity contribution in [1.29, 1.82) is 5.26 Å². The van der Waals surface area contributed by atoms with Gasteiger partial charge in [-0.3, -0.25) is 23.8 Å². The molecule has 0 bridgehead atoms. The molecule has 0 spiro atoms. The molecule has 0 saturated heterocycles. The molecule has 26 heavy (non-hydrogen) atoms. The Kier molecular flexibility index (Phi) is 3.16. The van der Waals surface area contributed by atoms with Gasteiger partial charge in [-0.2, -0.15) is 5.26 Å².